The van der Waals surface area contributed by atoms with Crippen molar-refractivity contribution in [3.63, 3.8) is 0 Å². The SMILES string of the molecule is O=C1OC2C[C@@]1(O)C=C[C@H]2OCc1ccc([N+](=O)[O-])cc1. The molecule has 0 spiro atoms. The van der Waals surface area contributed by atoms with Crippen LogP contribution in [0.1, 0.15) is 12.0 Å². The number of fused-ring (bicyclic) bond motifs is 2. The van der Waals surface area contributed by atoms with E-state index in [1.165, 1.54) is 18.2 Å². The number of hydrogen-bond acceptors (Lipinski definition) is 6. The third-order valence-electron chi connectivity index (χ3n) is 3.64. The van der Waals surface area contributed by atoms with E-state index in [1.807, 2.05) is 0 Å². The number of aliphatic hydroxyl groups is 1. The molecular weight excluding hydrogens is 278 g/mol. The van der Waals surface area contributed by atoms with Crippen molar-refractivity contribution in [3.8, 4) is 0 Å². The Bertz CT molecular complexity index is 610. The summed E-state index contributed by atoms with van der Waals surface area (Å²) in [6.45, 7) is 0.236. The van der Waals surface area contributed by atoms with Crippen LogP contribution in [0.2, 0.25) is 0 Å². The Hall–Kier alpha value is -2.25. The van der Waals surface area contributed by atoms with Crippen molar-refractivity contribution in [2.24, 2.45) is 0 Å². The minimum Gasteiger partial charge on any atom is -0.457 e. The lowest BCUT2D eigenvalue weighted by atomic mass is 9.91. The maximum atomic E-state index is 11.5. The normalized spacial score (nSPS) is 30.2. The van der Waals surface area contributed by atoms with Gasteiger partial charge in [0.05, 0.1) is 11.5 Å². The molecule has 1 aliphatic heterocycles. The van der Waals surface area contributed by atoms with Gasteiger partial charge in [0, 0.05) is 18.6 Å². The van der Waals surface area contributed by atoms with E-state index in [4.69, 9.17) is 9.47 Å². The van der Waals surface area contributed by atoms with Crippen LogP contribution in [0.5, 0.6) is 0 Å². The number of benzene rings is 1. The highest BCUT2D eigenvalue weighted by molar-refractivity contribution is 5.84. The second-order valence-electron chi connectivity index (χ2n) is 5.13. The zero-order valence-electron chi connectivity index (χ0n) is 11.0. The number of carbonyl (C=O) groups is 1. The van der Waals surface area contributed by atoms with Crippen molar-refractivity contribution < 1.29 is 24.3 Å². The van der Waals surface area contributed by atoms with E-state index < -0.39 is 28.7 Å². The number of nitro groups is 1. The van der Waals surface area contributed by atoms with E-state index in [0.29, 0.717) is 0 Å². The fraction of sp³-hybridized carbons (Fsp3) is 0.357. The summed E-state index contributed by atoms with van der Waals surface area (Å²) >= 11 is 0. The van der Waals surface area contributed by atoms with E-state index in [1.54, 1.807) is 18.2 Å². The highest BCUT2D eigenvalue weighted by Gasteiger charge is 2.51. The maximum absolute atomic E-state index is 11.5. The van der Waals surface area contributed by atoms with Gasteiger partial charge in [-0.25, -0.2) is 4.79 Å². The van der Waals surface area contributed by atoms with Gasteiger partial charge >= 0.3 is 5.97 Å². The summed E-state index contributed by atoms with van der Waals surface area (Å²) in [6.07, 6.45) is 2.29. The van der Waals surface area contributed by atoms with Gasteiger partial charge in [0.1, 0.15) is 12.2 Å². The van der Waals surface area contributed by atoms with Gasteiger partial charge in [-0.15, -0.1) is 0 Å². The number of nitro benzene ring substituents is 1. The predicted octanol–water partition coefficient (Wildman–Crippen LogP) is 1.10. The molecule has 1 N–H and O–H groups in total. The molecule has 3 rings (SSSR count). The van der Waals surface area contributed by atoms with Gasteiger partial charge in [-0.3, -0.25) is 10.1 Å². The number of non-ortho nitro benzene ring substituents is 1. The molecule has 1 aromatic carbocycles. The van der Waals surface area contributed by atoms with Gasteiger partial charge in [-0.05, 0) is 23.8 Å². The first kappa shape index (κ1) is 13.7. The Balaban J connectivity index is 1.62. The second kappa shape index (κ2) is 4.94. The monoisotopic (exact) mass is 291 g/mol. The van der Waals surface area contributed by atoms with Crippen LogP contribution in [0.3, 0.4) is 0 Å². The van der Waals surface area contributed by atoms with Crippen LogP contribution >= 0.6 is 0 Å². The number of rotatable bonds is 4. The summed E-state index contributed by atoms with van der Waals surface area (Å²) in [7, 11) is 0. The molecule has 2 bridgehead atoms. The number of carbonyl (C=O) groups excluding carboxylic acids is 1. The Morgan fingerprint density at radius 3 is 2.81 bits per heavy atom. The fourth-order valence-electron chi connectivity index (χ4n) is 2.44. The van der Waals surface area contributed by atoms with Crippen molar-refractivity contribution in [2.45, 2.75) is 30.8 Å². The molecule has 0 aromatic heterocycles. The number of esters is 1. The van der Waals surface area contributed by atoms with Crippen LogP contribution in [0.4, 0.5) is 5.69 Å². The molecular formula is C14H13NO6. The lowest BCUT2D eigenvalue weighted by Crippen LogP contribution is -2.36. The largest absolute Gasteiger partial charge is 0.457 e. The Kier molecular flexibility index (Phi) is 3.23. The van der Waals surface area contributed by atoms with Crippen LogP contribution in [0.25, 0.3) is 0 Å². The van der Waals surface area contributed by atoms with Gasteiger partial charge in [0.25, 0.3) is 5.69 Å². The van der Waals surface area contributed by atoms with Crippen LogP contribution in [0, 0.1) is 10.1 Å². The van der Waals surface area contributed by atoms with Gasteiger partial charge in [0.15, 0.2) is 5.60 Å². The quantitative estimate of drug-likeness (QED) is 0.386. The maximum Gasteiger partial charge on any atom is 0.342 e. The van der Waals surface area contributed by atoms with E-state index in [9.17, 15) is 20.0 Å². The first-order valence-corrected chi connectivity index (χ1v) is 6.46. The first-order valence-electron chi connectivity index (χ1n) is 6.46. The van der Waals surface area contributed by atoms with E-state index in [2.05, 4.69) is 0 Å². The molecule has 0 amide bonds. The average Bonchev–Trinajstić information content (AvgIpc) is 2.69. The molecule has 21 heavy (non-hydrogen) atoms. The summed E-state index contributed by atoms with van der Waals surface area (Å²) in [5, 5.41) is 20.5. The number of ether oxygens (including phenoxy) is 2. The van der Waals surface area contributed by atoms with E-state index in [0.717, 1.165) is 5.56 Å². The van der Waals surface area contributed by atoms with Crippen LogP contribution < -0.4 is 0 Å². The molecule has 1 aliphatic carbocycles. The van der Waals surface area contributed by atoms with Crippen LogP contribution in [-0.2, 0) is 20.9 Å². The lowest BCUT2D eigenvalue weighted by molar-refractivity contribution is -0.384. The summed E-state index contributed by atoms with van der Waals surface area (Å²) in [6, 6.07) is 6.04. The highest BCUT2D eigenvalue weighted by Crippen LogP contribution is 2.34. The van der Waals surface area contributed by atoms with Crippen molar-refractivity contribution in [2.75, 3.05) is 0 Å². The molecule has 1 aromatic rings. The molecule has 1 heterocycles. The lowest BCUT2D eigenvalue weighted by Gasteiger charge is -2.24. The molecule has 3 atom stereocenters. The zero-order chi connectivity index (χ0) is 15.0. The summed E-state index contributed by atoms with van der Waals surface area (Å²) in [4.78, 5) is 21.5. The van der Waals surface area contributed by atoms with Crippen LogP contribution in [0.15, 0.2) is 36.4 Å². The summed E-state index contributed by atoms with van der Waals surface area (Å²) in [5.41, 5.74) is -0.719. The van der Waals surface area contributed by atoms with Crippen molar-refractivity contribution >= 4 is 11.7 Å². The van der Waals surface area contributed by atoms with Crippen molar-refractivity contribution in [3.05, 3.63) is 52.1 Å². The summed E-state index contributed by atoms with van der Waals surface area (Å²) in [5.74, 6) is -0.648. The third kappa shape index (κ3) is 2.53. The standard InChI is InChI=1S/C14H13NO6/c16-13-14(17)6-5-11(12(7-14)21-13)20-8-9-1-3-10(4-2-9)15(18)19/h1-6,11-12,17H,7-8H2/t11-,12?,14+/m1/s1. The minimum absolute atomic E-state index is 0.0195. The molecule has 1 saturated heterocycles. The smallest absolute Gasteiger partial charge is 0.342 e. The van der Waals surface area contributed by atoms with Gasteiger partial charge in [0.2, 0.25) is 0 Å². The topological polar surface area (TPSA) is 98.9 Å². The minimum atomic E-state index is -1.52. The Labute approximate surface area is 119 Å². The molecule has 0 radical (unpaired) electrons. The van der Waals surface area contributed by atoms with E-state index >= 15 is 0 Å². The molecule has 7 heteroatoms. The Morgan fingerprint density at radius 2 is 2.14 bits per heavy atom. The molecule has 0 saturated carbocycles. The average molecular weight is 291 g/mol. The molecule has 2 aliphatic rings. The van der Waals surface area contributed by atoms with Crippen molar-refractivity contribution in [1.29, 1.82) is 0 Å². The molecule has 7 nitrogen and oxygen atoms in total. The number of nitrogens with zero attached hydrogens (tertiary/aromatic N) is 1. The van der Waals surface area contributed by atoms with Gasteiger partial charge < -0.3 is 14.6 Å². The van der Waals surface area contributed by atoms with Crippen molar-refractivity contribution in [1.82, 2.24) is 0 Å². The highest BCUT2D eigenvalue weighted by atomic mass is 16.6. The Morgan fingerprint density at radius 1 is 1.43 bits per heavy atom. The predicted molar refractivity (Wildman–Crippen MR) is 70.3 cm³/mol. The second-order valence-corrected chi connectivity index (χ2v) is 5.13. The zero-order valence-corrected chi connectivity index (χ0v) is 11.0. The van der Waals surface area contributed by atoms with Gasteiger partial charge in [-0.2, -0.15) is 0 Å². The molecule has 110 valence electrons. The number of hydrogen-bond donors (Lipinski definition) is 1. The molecule has 1 fully saturated rings. The summed E-state index contributed by atoms with van der Waals surface area (Å²) < 4.78 is 10.7. The van der Waals surface area contributed by atoms with Gasteiger partial charge in [-0.1, -0.05) is 6.08 Å². The fourth-order valence-corrected chi connectivity index (χ4v) is 2.44. The van der Waals surface area contributed by atoms with Crippen LogP contribution in [-0.4, -0.2) is 33.8 Å². The third-order valence-corrected chi connectivity index (χ3v) is 3.64. The first-order chi connectivity index (χ1) is 9.98. The van der Waals surface area contributed by atoms with E-state index in [-0.39, 0.29) is 18.7 Å². The molecule has 1 unspecified atom stereocenters.